The Bertz CT molecular complexity index is 1100. The van der Waals surface area contributed by atoms with Crippen molar-refractivity contribution in [3.05, 3.63) is 89.0 Å². The molecule has 32 heavy (non-hydrogen) atoms. The molecule has 0 saturated heterocycles. The minimum absolute atomic E-state index is 0.103. The van der Waals surface area contributed by atoms with Crippen molar-refractivity contribution in [2.75, 3.05) is 14.2 Å². The lowest BCUT2D eigenvalue weighted by Crippen LogP contribution is -2.43. The van der Waals surface area contributed by atoms with E-state index in [1.54, 1.807) is 14.2 Å². The van der Waals surface area contributed by atoms with Gasteiger partial charge in [-0.3, -0.25) is 0 Å². The molecule has 3 aromatic carbocycles. The van der Waals surface area contributed by atoms with Gasteiger partial charge < -0.3 is 13.9 Å². The van der Waals surface area contributed by atoms with Gasteiger partial charge >= 0.3 is 0 Å². The maximum atomic E-state index is 6.49. The first kappa shape index (κ1) is 22.8. The highest BCUT2D eigenvalue weighted by Crippen LogP contribution is 2.47. The predicted octanol–water partition coefficient (Wildman–Crippen LogP) is 7.52. The van der Waals surface area contributed by atoms with Gasteiger partial charge in [0.05, 0.1) is 0 Å². The molecule has 2 atom stereocenters. The monoisotopic (exact) mass is 446 g/mol. The van der Waals surface area contributed by atoms with Gasteiger partial charge in [-0.1, -0.05) is 75.4 Å². The molecule has 0 bridgehead atoms. The molecule has 4 heteroatoms. The molecule has 0 aliphatic heterocycles. The van der Waals surface area contributed by atoms with Crippen LogP contribution in [0.25, 0.3) is 11.1 Å². The fourth-order valence-corrected chi connectivity index (χ4v) is 5.35. The molecule has 0 aromatic heterocycles. The molecule has 3 nitrogen and oxygen atoms in total. The van der Waals surface area contributed by atoms with Crippen LogP contribution in [0.2, 0.25) is 18.1 Å². The molecule has 2 unspecified atom stereocenters. The highest BCUT2D eigenvalue weighted by atomic mass is 28.4. The Kier molecular flexibility index (Phi) is 6.06. The topological polar surface area (TPSA) is 27.7 Å². The van der Waals surface area contributed by atoms with Crippen molar-refractivity contribution in [3.63, 3.8) is 0 Å². The highest BCUT2D eigenvalue weighted by molar-refractivity contribution is 6.74. The van der Waals surface area contributed by atoms with Crippen molar-refractivity contribution in [2.24, 2.45) is 0 Å². The summed E-state index contributed by atoms with van der Waals surface area (Å²) in [4.78, 5) is 0. The van der Waals surface area contributed by atoms with Gasteiger partial charge in [0.2, 0.25) is 8.32 Å². The van der Waals surface area contributed by atoms with E-state index < -0.39 is 8.32 Å². The van der Waals surface area contributed by atoms with Crippen molar-refractivity contribution in [3.8, 4) is 16.9 Å². The van der Waals surface area contributed by atoms with E-state index >= 15 is 0 Å². The largest absolute Gasteiger partial charge is 0.544 e. The van der Waals surface area contributed by atoms with Crippen LogP contribution >= 0.6 is 0 Å². The SMILES string of the molecule is COC1c2ccccc2C(OC)c2c(-c3ccc(O[Si](C)(C)C(C)(C)C)cc3)cccc21. The van der Waals surface area contributed by atoms with E-state index in [4.69, 9.17) is 13.9 Å². The van der Waals surface area contributed by atoms with E-state index in [9.17, 15) is 0 Å². The lowest BCUT2D eigenvalue weighted by atomic mass is 9.78. The number of hydrogen-bond donors (Lipinski definition) is 0. The first-order valence-corrected chi connectivity index (χ1v) is 14.2. The van der Waals surface area contributed by atoms with Crippen molar-refractivity contribution in [2.45, 2.75) is 51.1 Å². The molecule has 0 saturated carbocycles. The quantitative estimate of drug-likeness (QED) is 0.379. The van der Waals surface area contributed by atoms with E-state index in [1.807, 2.05) is 0 Å². The lowest BCUT2D eigenvalue weighted by molar-refractivity contribution is 0.0995. The molecule has 3 aromatic rings. The molecule has 0 radical (unpaired) electrons. The van der Waals surface area contributed by atoms with Crippen LogP contribution in [0, 0.1) is 0 Å². The van der Waals surface area contributed by atoms with Gasteiger partial charge in [-0.25, -0.2) is 0 Å². The Hall–Kier alpha value is -2.40. The summed E-state index contributed by atoms with van der Waals surface area (Å²) in [6.07, 6.45) is -0.235. The van der Waals surface area contributed by atoms with Gasteiger partial charge in [-0.05, 0) is 63.6 Å². The van der Waals surface area contributed by atoms with Crippen molar-refractivity contribution in [1.82, 2.24) is 0 Å². The number of fused-ring (bicyclic) bond motifs is 2. The number of ether oxygens (including phenoxy) is 2. The Balaban J connectivity index is 1.76. The summed E-state index contributed by atoms with van der Waals surface area (Å²) in [5.41, 5.74) is 7.01. The first-order valence-electron chi connectivity index (χ1n) is 11.2. The van der Waals surface area contributed by atoms with E-state index in [0.29, 0.717) is 0 Å². The van der Waals surface area contributed by atoms with Crippen LogP contribution in [0.1, 0.15) is 55.2 Å². The van der Waals surface area contributed by atoms with Crippen LogP contribution in [0.4, 0.5) is 0 Å². The average molecular weight is 447 g/mol. The molecule has 0 fully saturated rings. The van der Waals surface area contributed by atoms with Gasteiger partial charge in [0.15, 0.2) is 0 Å². The zero-order valence-electron chi connectivity index (χ0n) is 20.2. The maximum Gasteiger partial charge on any atom is 0.250 e. The smallest absolute Gasteiger partial charge is 0.250 e. The number of benzene rings is 3. The van der Waals surface area contributed by atoms with Gasteiger partial charge in [0.1, 0.15) is 18.0 Å². The number of rotatable bonds is 5. The predicted molar refractivity (Wildman–Crippen MR) is 134 cm³/mol. The molecule has 1 aliphatic carbocycles. The molecular formula is C28H34O3Si. The molecule has 168 valence electrons. The number of hydrogen-bond acceptors (Lipinski definition) is 3. The maximum absolute atomic E-state index is 6.49. The number of methoxy groups -OCH3 is 2. The highest BCUT2D eigenvalue weighted by Gasteiger charge is 2.39. The standard InChI is InChI=1S/C28H34O3Si/c1-28(2,3)32(6,7)31-20-17-15-19(16-18-20)21-13-10-14-24-25(21)27(30-5)23-12-9-8-11-22(23)26(24)29-4/h8-18,26-27H,1-7H3. The van der Waals surface area contributed by atoms with E-state index in [-0.39, 0.29) is 17.2 Å². The first-order chi connectivity index (χ1) is 15.2. The minimum atomic E-state index is -1.87. The normalized spacial score (nSPS) is 18.1. The third kappa shape index (κ3) is 3.92. The van der Waals surface area contributed by atoms with Crippen molar-refractivity contribution < 1.29 is 13.9 Å². The van der Waals surface area contributed by atoms with Crippen molar-refractivity contribution >= 4 is 8.32 Å². The second-order valence-corrected chi connectivity index (χ2v) is 14.8. The van der Waals surface area contributed by atoms with Gasteiger partial charge in [-0.2, -0.15) is 0 Å². The summed E-state index contributed by atoms with van der Waals surface area (Å²) in [5.74, 6) is 0.938. The van der Waals surface area contributed by atoms with E-state index in [1.165, 1.54) is 22.3 Å². The Morgan fingerprint density at radius 3 is 1.81 bits per heavy atom. The van der Waals surface area contributed by atoms with Crippen LogP contribution in [-0.2, 0) is 9.47 Å². The summed E-state index contributed by atoms with van der Waals surface area (Å²) < 4.78 is 18.5. The summed E-state index contributed by atoms with van der Waals surface area (Å²) in [6.45, 7) is 11.3. The summed E-state index contributed by atoms with van der Waals surface area (Å²) >= 11 is 0. The molecular weight excluding hydrogens is 412 g/mol. The van der Waals surface area contributed by atoms with Crippen LogP contribution in [0.5, 0.6) is 5.75 Å². The van der Waals surface area contributed by atoms with Crippen LogP contribution in [0.15, 0.2) is 66.7 Å². The van der Waals surface area contributed by atoms with Gasteiger partial charge in [-0.15, -0.1) is 0 Å². The zero-order chi connectivity index (χ0) is 23.1. The summed E-state index contributed by atoms with van der Waals surface area (Å²) in [5, 5.41) is 0.165. The molecule has 0 amide bonds. The zero-order valence-corrected chi connectivity index (χ0v) is 21.2. The second-order valence-electron chi connectivity index (χ2n) is 10.1. The fourth-order valence-electron chi connectivity index (χ4n) is 4.32. The Morgan fingerprint density at radius 2 is 1.25 bits per heavy atom. The molecule has 1 aliphatic rings. The van der Waals surface area contributed by atoms with Gasteiger partial charge in [0, 0.05) is 14.2 Å². The molecule has 0 heterocycles. The second kappa shape index (κ2) is 8.51. The third-order valence-electron chi connectivity index (χ3n) is 7.06. The van der Waals surface area contributed by atoms with Crippen LogP contribution in [-0.4, -0.2) is 22.5 Å². The lowest BCUT2D eigenvalue weighted by Gasteiger charge is -2.36. The molecule has 0 N–H and O–H groups in total. The average Bonchev–Trinajstić information content (AvgIpc) is 2.76. The fraction of sp³-hybridized carbons (Fsp3) is 0.357. The third-order valence-corrected chi connectivity index (χ3v) is 11.4. The van der Waals surface area contributed by atoms with Crippen LogP contribution < -0.4 is 4.43 Å². The van der Waals surface area contributed by atoms with E-state index in [0.717, 1.165) is 16.9 Å². The van der Waals surface area contributed by atoms with Crippen molar-refractivity contribution in [1.29, 1.82) is 0 Å². The Morgan fingerprint density at radius 1 is 0.688 bits per heavy atom. The molecule has 4 rings (SSSR count). The molecule has 0 spiro atoms. The Labute approximate surface area is 193 Å². The van der Waals surface area contributed by atoms with Crippen LogP contribution in [0.3, 0.4) is 0 Å². The minimum Gasteiger partial charge on any atom is -0.544 e. The summed E-state index contributed by atoms with van der Waals surface area (Å²) in [7, 11) is 1.69. The van der Waals surface area contributed by atoms with Gasteiger partial charge in [0.25, 0.3) is 0 Å². The summed E-state index contributed by atoms with van der Waals surface area (Å²) in [6, 6.07) is 23.4. The van der Waals surface area contributed by atoms with E-state index in [2.05, 4.69) is 101 Å².